The van der Waals surface area contributed by atoms with Crippen molar-refractivity contribution in [1.29, 1.82) is 0 Å². The molecular formula is C22H19N3O2S. The number of carbonyl (C=O) groups is 1. The Bertz CT molecular complexity index is 1070. The van der Waals surface area contributed by atoms with Gasteiger partial charge in [-0.05, 0) is 19.1 Å². The summed E-state index contributed by atoms with van der Waals surface area (Å²) in [6.45, 7) is 2.22. The maximum atomic E-state index is 12.3. The first-order chi connectivity index (χ1) is 13.7. The number of oxazole rings is 1. The number of rotatable bonds is 6. The van der Waals surface area contributed by atoms with Crippen LogP contribution in [0.5, 0.6) is 0 Å². The number of amides is 1. The first-order valence-corrected chi connectivity index (χ1v) is 9.85. The van der Waals surface area contributed by atoms with E-state index in [1.807, 2.05) is 73.0 Å². The number of aromatic nitrogens is 2. The van der Waals surface area contributed by atoms with Crippen molar-refractivity contribution in [3.8, 4) is 22.0 Å². The zero-order valence-electron chi connectivity index (χ0n) is 15.4. The molecule has 0 saturated heterocycles. The molecule has 0 aliphatic carbocycles. The van der Waals surface area contributed by atoms with Gasteiger partial charge in [0.25, 0.3) is 0 Å². The average Bonchev–Trinajstić information content (AvgIpc) is 3.35. The van der Waals surface area contributed by atoms with E-state index < -0.39 is 0 Å². The molecule has 0 saturated carbocycles. The van der Waals surface area contributed by atoms with Gasteiger partial charge in [0.15, 0.2) is 0 Å². The number of nitrogens with zero attached hydrogens (tertiary/aromatic N) is 2. The van der Waals surface area contributed by atoms with E-state index in [1.165, 1.54) is 0 Å². The maximum Gasteiger partial charge on any atom is 0.226 e. The lowest BCUT2D eigenvalue weighted by atomic mass is 10.2. The fraction of sp³-hybridized carbons (Fsp3) is 0.136. The van der Waals surface area contributed by atoms with Gasteiger partial charge in [0.05, 0.1) is 24.4 Å². The van der Waals surface area contributed by atoms with Gasteiger partial charge in [0.1, 0.15) is 10.8 Å². The van der Waals surface area contributed by atoms with E-state index >= 15 is 0 Å². The lowest BCUT2D eigenvalue weighted by Gasteiger charge is -2.02. The molecule has 0 unspecified atom stereocenters. The molecule has 0 spiro atoms. The summed E-state index contributed by atoms with van der Waals surface area (Å²) < 4.78 is 5.71. The first kappa shape index (κ1) is 18.1. The van der Waals surface area contributed by atoms with Crippen LogP contribution in [0.3, 0.4) is 0 Å². The van der Waals surface area contributed by atoms with E-state index in [0.717, 1.165) is 21.8 Å². The van der Waals surface area contributed by atoms with Crippen molar-refractivity contribution in [1.82, 2.24) is 15.3 Å². The number of hydrogen-bond acceptors (Lipinski definition) is 5. The summed E-state index contributed by atoms with van der Waals surface area (Å²) >= 11 is 1.57. The quantitative estimate of drug-likeness (QED) is 0.522. The molecule has 1 N–H and O–H groups in total. The molecule has 0 fully saturated rings. The Morgan fingerprint density at radius 2 is 1.68 bits per heavy atom. The van der Waals surface area contributed by atoms with Gasteiger partial charge in [-0.15, -0.1) is 11.3 Å². The third-order valence-corrected chi connectivity index (χ3v) is 5.22. The van der Waals surface area contributed by atoms with Crippen LogP contribution in [-0.2, 0) is 17.8 Å². The third-order valence-electron chi connectivity index (χ3n) is 4.28. The summed E-state index contributed by atoms with van der Waals surface area (Å²) in [5.74, 6) is 1.09. The predicted octanol–water partition coefficient (Wildman–Crippen LogP) is 4.63. The highest BCUT2D eigenvalue weighted by molar-refractivity contribution is 7.13. The standard InChI is InChI=1S/C22H19N3O2S/c1-15-19(25-21(27-15)16-8-4-2-5-9-16)12-20(26)23-13-18-14-28-22(24-18)17-10-6-3-7-11-17/h2-11,14H,12-13H2,1H3,(H,23,26). The van der Waals surface area contributed by atoms with Crippen molar-refractivity contribution < 1.29 is 9.21 Å². The normalized spacial score (nSPS) is 10.8. The van der Waals surface area contributed by atoms with Crippen molar-refractivity contribution in [3.63, 3.8) is 0 Å². The van der Waals surface area contributed by atoms with Crippen LogP contribution >= 0.6 is 11.3 Å². The molecule has 0 bridgehead atoms. The molecule has 4 rings (SSSR count). The van der Waals surface area contributed by atoms with E-state index in [9.17, 15) is 4.79 Å². The molecule has 1 amide bonds. The second-order valence-electron chi connectivity index (χ2n) is 6.35. The van der Waals surface area contributed by atoms with Gasteiger partial charge in [-0.1, -0.05) is 48.5 Å². The van der Waals surface area contributed by atoms with Crippen molar-refractivity contribution in [2.45, 2.75) is 19.9 Å². The molecule has 5 nitrogen and oxygen atoms in total. The molecule has 2 aromatic carbocycles. The molecule has 28 heavy (non-hydrogen) atoms. The van der Waals surface area contributed by atoms with E-state index in [4.69, 9.17) is 4.42 Å². The Kier molecular flexibility index (Phi) is 5.30. The minimum atomic E-state index is -0.106. The number of carbonyl (C=O) groups excluding carboxylic acids is 1. The van der Waals surface area contributed by atoms with Gasteiger partial charge < -0.3 is 9.73 Å². The zero-order chi connectivity index (χ0) is 19.3. The van der Waals surface area contributed by atoms with Crippen LogP contribution in [0.15, 0.2) is 70.5 Å². The largest absolute Gasteiger partial charge is 0.441 e. The fourth-order valence-electron chi connectivity index (χ4n) is 2.80. The van der Waals surface area contributed by atoms with Crippen molar-refractivity contribution >= 4 is 17.2 Å². The third kappa shape index (κ3) is 4.18. The predicted molar refractivity (Wildman–Crippen MR) is 110 cm³/mol. The lowest BCUT2D eigenvalue weighted by Crippen LogP contribution is -2.25. The lowest BCUT2D eigenvalue weighted by molar-refractivity contribution is -0.120. The van der Waals surface area contributed by atoms with Crippen LogP contribution in [0.25, 0.3) is 22.0 Å². The summed E-state index contributed by atoms with van der Waals surface area (Å²) in [6, 6.07) is 19.7. The number of aryl methyl sites for hydroxylation is 1. The summed E-state index contributed by atoms with van der Waals surface area (Å²) in [4.78, 5) is 21.4. The SMILES string of the molecule is Cc1oc(-c2ccccc2)nc1CC(=O)NCc1csc(-c2ccccc2)n1. The summed E-state index contributed by atoms with van der Waals surface area (Å²) in [7, 11) is 0. The van der Waals surface area contributed by atoms with E-state index in [-0.39, 0.29) is 12.3 Å². The first-order valence-electron chi connectivity index (χ1n) is 8.97. The van der Waals surface area contributed by atoms with E-state index in [0.29, 0.717) is 23.9 Å². The van der Waals surface area contributed by atoms with E-state index in [2.05, 4.69) is 15.3 Å². The van der Waals surface area contributed by atoms with E-state index in [1.54, 1.807) is 11.3 Å². The molecule has 0 aliphatic heterocycles. The molecule has 4 aromatic rings. The van der Waals surface area contributed by atoms with Gasteiger partial charge >= 0.3 is 0 Å². The monoisotopic (exact) mass is 389 g/mol. The Morgan fingerprint density at radius 1 is 1.00 bits per heavy atom. The van der Waals surface area contributed by atoms with Crippen molar-refractivity contribution in [2.75, 3.05) is 0 Å². The topological polar surface area (TPSA) is 68.0 Å². The van der Waals surface area contributed by atoms with Gasteiger partial charge in [0.2, 0.25) is 11.8 Å². The Balaban J connectivity index is 1.37. The van der Waals surface area contributed by atoms with Gasteiger partial charge in [-0.3, -0.25) is 4.79 Å². The number of nitrogens with one attached hydrogen (secondary N) is 1. The van der Waals surface area contributed by atoms with Crippen LogP contribution in [0.1, 0.15) is 17.1 Å². The fourth-order valence-corrected chi connectivity index (χ4v) is 3.63. The zero-order valence-corrected chi connectivity index (χ0v) is 16.2. The molecule has 2 aromatic heterocycles. The minimum absolute atomic E-state index is 0.106. The number of thiazole rings is 1. The Hall–Kier alpha value is -3.25. The van der Waals surface area contributed by atoms with Crippen LogP contribution in [-0.4, -0.2) is 15.9 Å². The van der Waals surface area contributed by atoms with Gasteiger partial charge in [-0.2, -0.15) is 0 Å². The molecule has 6 heteroatoms. The van der Waals surface area contributed by atoms with Crippen LogP contribution in [0.2, 0.25) is 0 Å². The highest BCUT2D eigenvalue weighted by Gasteiger charge is 2.15. The highest BCUT2D eigenvalue weighted by Crippen LogP contribution is 2.23. The molecular weight excluding hydrogens is 370 g/mol. The smallest absolute Gasteiger partial charge is 0.226 e. The Labute approximate surface area is 167 Å². The Morgan fingerprint density at radius 3 is 2.39 bits per heavy atom. The van der Waals surface area contributed by atoms with Crippen LogP contribution < -0.4 is 5.32 Å². The molecule has 140 valence electrons. The summed E-state index contributed by atoms with van der Waals surface area (Å²) in [6.07, 6.45) is 0.178. The molecule has 0 radical (unpaired) electrons. The average molecular weight is 389 g/mol. The summed E-state index contributed by atoms with van der Waals surface area (Å²) in [5, 5.41) is 5.83. The van der Waals surface area contributed by atoms with Crippen LogP contribution in [0.4, 0.5) is 0 Å². The molecule has 0 aliphatic rings. The molecule has 0 atom stereocenters. The van der Waals surface area contributed by atoms with Gasteiger partial charge in [0, 0.05) is 16.5 Å². The number of benzene rings is 2. The highest BCUT2D eigenvalue weighted by atomic mass is 32.1. The van der Waals surface area contributed by atoms with Crippen LogP contribution in [0, 0.1) is 6.92 Å². The maximum absolute atomic E-state index is 12.3. The summed E-state index contributed by atoms with van der Waals surface area (Å²) in [5.41, 5.74) is 3.48. The van der Waals surface area contributed by atoms with Crippen molar-refractivity contribution in [2.24, 2.45) is 0 Å². The van der Waals surface area contributed by atoms with Gasteiger partial charge in [-0.25, -0.2) is 9.97 Å². The molecule has 2 heterocycles. The second-order valence-corrected chi connectivity index (χ2v) is 7.21. The minimum Gasteiger partial charge on any atom is -0.441 e. The number of hydrogen-bond donors (Lipinski definition) is 1. The van der Waals surface area contributed by atoms with Crippen molar-refractivity contribution in [3.05, 3.63) is 83.2 Å². The second kappa shape index (κ2) is 8.19.